The number of hydrogen-bond donors (Lipinski definition) is 2. The van der Waals surface area contributed by atoms with Crippen molar-refractivity contribution in [2.24, 2.45) is 0 Å². The minimum absolute atomic E-state index is 0.176. The van der Waals surface area contributed by atoms with Gasteiger partial charge in [-0.25, -0.2) is 4.79 Å². The summed E-state index contributed by atoms with van der Waals surface area (Å²) in [5.74, 6) is -0.203. The third-order valence-electron chi connectivity index (χ3n) is 2.41. The van der Waals surface area contributed by atoms with E-state index < -0.39 is 12.0 Å². The molecular weight excluding hydrogens is 256 g/mol. The van der Waals surface area contributed by atoms with Crippen molar-refractivity contribution in [1.82, 2.24) is 5.32 Å². The van der Waals surface area contributed by atoms with Crippen LogP contribution in [-0.4, -0.2) is 25.7 Å². The predicted octanol–water partition coefficient (Wildman–Crippen LogP) is 2.03. The molecule has 0 fully saturated rings. The Kier molecular flexibility index (Phi) is 5.45. The molecule has 0 aromatic heterocycles. The van der Waals surface area contributed by atoms with Gasteiger partial charge in [0.1, 0.15) is 6.54 Å². The van der Waals surface area contributed by atoms with Crippen molar-refractivity contribution in [2.75, 3.05) is 19.0 Å². The summed E-state index contributed by atoms with van der Waals surface area (Å²) >= 11 is 5.82. The Bertz CT molecular complexity index is 449. The first-order valence-electron chi connectivity index (χ1n) is 5.34. The first kappa shape index (κ1) is 14.3. The van der Waals surface area contributed by atoms with Crippen molar-refractivity contribution in [3.05, 3.63) is 29.3 Å². The molecule has 0 aliphatic heterocycles. The Morgan fingerprint density at radius 1 is 1.39 bits per heavy atom. The van der Waals surface area contributed by atoms with E-state index in [1.165, 1.54) is 7.11 Å². The molecule has 2 amide bonds. The number of aryl methyl sites for hydroxylation is 1. The number of anilines is 1. The van der Waals surface area contributed by atoms with E-state index in [-0.39, 0.29) is 6.54 Å². The maximum atomic E-state index is 11.5. The SMILES string of the molecule is COC(=O)CNC(=O)Nc1cccc(C)c1CCl. The van der Waals surface area contributed by atoms with E-state index in [1.54, 1.807) is 6.07 Å². The van der Waals surface area contributed by atoms with Crippen molar-refractivity contribution >= 4 is 29.3 Å². The lowest BCUT2D eigenvalue weighted by Crippen LogP contribution is -2.34. The molecule has 0 bridgehead atoms. The van der Waals surface area contributed by atoms with E-state index in [9.17, 15) is 9.59 Å². The van der Waals surface area contributed by atoms with E-state index in [4.69, 9.17) is 11.6 Å². The number of ether oxygens (including phenoxy) is 1. The second kappa shape index (κ2) is 6.86. The van der Waals surface area contributed by atoms with Crippen LogP contribution >= 0.6 is 11.6 Å². The number of carbonyl (C=O) groups is 2. The van der Waals surface area contributed by atoms with Gasteiger partial charge in [-0.3, -0.25) is 4.79 Å². The van der Waals surface area contributed by atoms with E-state index >= 15 is 0 Å². The van der Waals surface area contributed by atoms with Crippen LogP contribution < -0.4 is 10.6 Å². The van der Waals surface area contributed by atoms with Crippen molar-refractivity contribution in [1.29, 1.82) is 0 Å². The largest absolute Gasteiger partial charge is 0.468 e. The van der Waals surface area contributed by atoms with Crippen molar-refractivity contribution < 1.29 is 14.3 Å². The van der Waals surface area contributed by atoms with Crippen LogP contribution in [0.15, 0.2) is 18.2 Å². The Balaban J connectivity index is 2.64. The van der Waals surface area contributed by atoms with Gasteiger partial charge in [0.15, 0.2) is 0 Å². The summed E-state index contributed by atoms with van der Waals surface area (Å²) in [5.41, 5.74) is 2.48. The Morgan fingerprint density at radius 2 is 2.11 bits per heavy atom. The van der Waals surface area contributed by atoms with Crippen LogP contribution in [0.2, 0.25) is 0 Å². The molecule has 0 aliphatic carbocycles. The lowest BCUT2D eigenvalue weighted by atomic mass is 10.1. The molecule has 18 heavy (non-hydrogen) atoms. The van der Waals surface area contributed by atoms with Gasteiger partial charge in [-0.15, -0.1) is 11.6 Å². The van der Waals surface area contributed by atoms with Crippen LogP contribution in [0, 0.1) is 6.92 Å². The molecule has 0 unspecified atom stereocenters. The van der Waals surface area contributed by atoms with Crippen LogP contribution in [0.4, 0.5) is 10.5 Å². The van der Waals surface area contributed by atoms with Gasteiger partial charge in [0, 0.05) is 11.6 Å². The second-order valence-electron chi connectivity index (χ2n) is 3.62. The molecule has 98 valence electrons. The number of hydrogen-bond acceptors (Lipinski definition) is 3. The summed E-state index contributed by atoms with van der Waals surface area (Å²) < 4.78 is 4.41. The van der Waals surface area contributed by atoms with Gasteiger partial charge in [-0.05, 0) is 24.1 Å². The van der Waals surface area contributed by atoms with Gasteiger partial charge in [0.2, 0.25) is 0 Å². The number of alkyl halides is 1. The highest BCUT2D eigenvalue weighted by atomic mass is 35.5. The number of rotatable bonds is 4. The van der Waals surface area contributed by atoms with Gasteiger partial charge >= 0.3 is 12.0 Å². The normalized spacial score (nSPS) is 9.72. The Labute approximate surface area is 110 Å². The number of carbonyl (C=O) groups excluding carboxylic acids is 2. The fourth-order valence-corrected chi connectivity index (χ4v) is 1.74. The van der Waals surface area contributed by atoms with E-state index in [2.05, 4.69) is 15.4 Å². The smallest absolute Gasteiger partial charge is 0.325 e. The van der Waals surface area contributed by atoms with Crippen LogP contribution in [0.25, 0.3) is 0 Å². The first-order valence-corrected chi connectivity index (χ1v) is 5.88. The molecule has 0 saturated heterocycles. The summed E-state index contributed by atoms with van der Waals surface area (Å²) in [6, 6.07) is 5.01. The molecule has 1 aromatic rings. The number of methoxy groups -OCH3 is 1. The molecule has 0 heterocycles. The molecule has 0 spiro atoms. The van der Waals surface area contributed by atoms with E-state index in [0.29, 0.717) is 11.6 Å². The molecule has 0 saturated carbocycles. The molecule has 0 atom stereocenters. The summed E-state index contributed by atoms with van der Waals surface area (Å²) in [6.45, 7) is 1.74. The highest BCUT2D eigenvalue weighted by molar-refractivity contribution is 6.17. The maximum Gasteiger partial charge on any atom is 0.325 e. The van der Waals surface area contributed by atoms with Crippen LogP contribution in [0.1, 0.15) is 11.1 Å². The zero-order valence-electron chi connectivity index (χ0n) is 10.2. The molecular formula is C12H15ClN2O3. The average molecular weight is 271 g/mol. The van der Waals surface area contributed by atoms with Crippen molar-refractivity contribution in [2.45, 2.75) is 12.8 Å². The molecule has 2 N–H and O–H groups in total. The maximum absolute atomic E-state index is 11.5. The fraction of sp³-hybridized carbons (Fsp3) is 0.333. The van der Waals surface area contributed by atoms with Crippen LogP contribution in [0.3, 0.4) is 0 Å². The number of esters is 1. The number of nitrogens with one attached hydrogen (secondary N) is 2. The summed E-state index contributed by atoms with van der Waals surface area (Å²) in [4.78, 5) is 22.4. The van der Waals surface area contributed by atoms with Gasteiger partial charge in [0.05, 0.1) is 7.11 Å². The lowest BCUT2D eigenvalue weighted by Gasteiger charge is -2.12. The number of benzene rings is 1. The van der Waals surface area contributed by atoms with Crippen molar-refractivity contribution in [3.8, 4) is 0 Å². The highest BCUT2D eigenvalue weighted by Crippen LogP contribution is 2.21. The third kappa shape index (κ3) is 3.92. The standard InChI is InChI=1S/C12H15ClN2O3/c1-8-4-3-5-10(9(8)6-13)15-12(17)14-7-11(16)18-2/h3-5H,6-7H2,1-2H3,(H2,14,15,17). The van der Waals surface area contributed by atoms with Gasteiger partial charge < -0.3 is 15.4 Å². The third-order valence-corrected chi connectivity index (χ3v) is 2.68. The Morgan fingerprint density at radius 3 is 2.72 bits per heavy atom. The molecule has 0 aliphatic rings. The average Bonchev–Trinajstić information content (AvgIpc) is 2.36. The fourth-order valence-electron chi connectivity index (χ4n) is 1.39. The number of urea groups is 1. The minimum atomic E-state index is -0.507. The van der Waals surface area contributed by atoms with E-state index in [1.807, 2.05) is 19.1 Å². The Hall–Kier alpha value is -1.75. The summed E-state index contributed by atoms with van der Waals surface area (Å²) in [6.07, 6.45) is 0. The first-order chi connectivity index (χ1) is 8.58. The summed E-state index contributed by atoms with van der Waals surface area (Å²) in [5, 5.41) is 5.02. The van der Waals surface area contributed by atoms with Crippen molar-refractivity contribution in [3.63, 3.8) is 0 Å². The topological polar surface area (TPSA) is 67.4 Å². The quantitative estimate of drug-likeness (QED) is 0.650. The number of amides is 2. The second-order valence-corrected chi connectivity index (χ2v) is 3.89. The van der Waals surface area contributed by atoms with E-state index in [0.717, 1.165) is 11.1 Å². The molecule has 6 heteroatoms. The minimum Gasteiger partial charge on any atom is -0.468 e. The lowest BCUT2D eigenvalue weighted by molar-refractivity contribution is -0.139. The highest BCUT2D eigenvalue weighted by Gasteiger charge is 2.09. The number of halogens is 1. The summed E-state index contributed by atoms with van der Waals surface area (Å²) in [7, 11) is 1.26. The molecule has 0 radical (unpaired) electrons. The van der Waals surface area contributed by atoms with Gasteiger partial charge in [-0.1, -0.05) is 12.1 Å². The molecule has 1 aromatic carbocycles. The van der Waals surface area contributed by atoms with Gasteiger partial charge in [-0.2, -0.15) is 0 Å². The predicted molar refractivity (Wildman–Crippen MR) is 69.8 cm³/mol. The monoisotopic (exact) mass is 270 g/mol. The zero-order chi connectivity index (χ0) is 13.5. The molecule has 1 rings (SSSR count). The molecule has 5 nitrogen and oxygen atoms in total. The van der Waals surface area contributed by atoms with Gasteiger partial charge in [0.25, 0.3) is 0 Å². The zero-order valence-corrected chi connectivity index (χ0v) is 11.0. The van der Waals surface area contributed by atoms with Crippen LogP contribution in [-0.2, 0) is 15.4 Å². The van der Waals surface area contributed by atoms with Crippen LogP contribution in [0.5, 0.6) is 0 Å².